The highest BCUT2D eigenvalue weighted by Gasteiger charge is 2.36. The lowest BCUT2D eigenvalue weighted by atomic mass is 10.2. The van der Waals surface area contributed by atoms with Crippen molar-refractivity contribution in [2.24, 2.45) is 5.92 Å². The third-order valence-corrected chi connectivity index (χ3v) is 3.83. The van der Waals surface area contributed by atoms with Gasteiger partial charge in [-0.2, -0.15) is 0 Å². The van der Waals surface area contributed by atoms with Gasteiger partial charge in [0.05, 0.1) is 12.6 Å². The van der Waals surface area contributed by atoms with Crippen LogP contribution in [0.2, 0.25) is 0 Å². The molecule has 0 radical (unpaired) electrons. The standard InChI is InChI=1S/C9H19NO2S/c1-9(2,3)13(12)10-8(6-11)7-4-5-7/h7-8,10-11H,4-6H2,1-3H3/t8-,13?/m1/s1. The summed E-state index contributed by atoms with van der Waals surface area (Å²) in [4.78, 5) is 0. The zero-order valence-electron chi connectivity index (χ0n) is 8.54. The number of hydrogen-bond donors (Lipinski definition) is 2. The summed E-state index contributed by atoms with van der Waals surface area (Å²) in [6.07, 6.45) is 2.30. The Morgan fingerprint density at radius 3 is 2.38 bits per heavy atom. The highest BCUT2D eigenvalue weighted by atomic mass is 32.2. The summed E-state index contributed by atoms with van der Waals surface area (Å²) in [6, 6.07) is 0.0278. The molecular weight excluding hydrogens is 186 g/mol. The lowest BCUT2D eigenvalue weighted by Gasteiger charge is -2.27. The molecule has 0 heterocycles. The normalized spacial score (nSPS) is 22.8. The van der Waals surface area contributed by atoms with Gasteiger partial charge in [0.2, 0.25) is 0 Å². The molecule has 0 aliphatic heterocycles. The SMILES string of the molecule is CC(C)(C)[S+]([O-])N[C@H](CO)C1CC1. The lowest BCUT2D eigenvalue weighted by Crippen LogP contribution is -2.47. The van der Waals surface area contributed by atoms with E-state index in [1.165, 1.54) is 0 Å². The molecule has 0 saturated heterocycles. The quantitative estimate of drug-likeness (QED) is 0.668. The van der Waals surface area contributed by atoms with E-state index in [1.54, 1.807) is 0 Å². The van der Waals surface area contributed by atoms with Crippen LogP contribution in [-0.2, 0) is 11.4 Å². The summed E-state index contributed by atoms with van der Waals surface area (Å²) in [5.41, 5.74) is 0. The maximum atomic E-state index is 11.7. The molecule has 0 aromatic carbocycles. The molecule has 2 N–H and O–H groups in total. The van der Waals surface area contributed by atoms with Crippen LogP contribution in [0.25, 0.3) is 0 Å². The summed E-state index contributed by atoms with van der Waals surface area (Å²) in [5, 5.41) is 9.05. The Labute approximate surface area is 83.2 Å². The number of nitrogens with one attached hydrogen (secondary N) is 1. The minimum atomic E-state index is -1.06. The Kier molecular flexibility index (Phi) is 3.63. The molecule has 0 aromatic rings. The summed E-state index contributed by atoms with van der Waals surface area (Å²) in [5.74, 6) is 0.538. The summed E-state index contributed by atoms with van der Waals surface area (Å²) in [6.45, 7) is 5.87. The van der Waals surface area contributed by atoms with Crippen molar-refractivity contribution >= 4 is 11.4 Å². The largest absolute Gasteiger partial charge is 0.598 e. The Balaban J connectivity index is 2.36. The van der Waals surface area contributed by atoms with Gasteiger partial charge in [-0.15, -0.1) is 4.72 Å². The number of aliphatic hydroxyl groups excluding tert-OH is 1. The molecule has 1 aliphatic carbocycles. The van der Waals surface area contributed by atoms with Gasteiger partial charge in [-0.1, -0.05) is 0 Å². The van der Waals surface area contributed by atoms with Gasteiger partial charge in [0.25, 0.3) is 0 Å². The highest BCUT2D eigenvalue weighted by molar-refractivity contribution is 7.90. The van der Waals surface area contributed by atoms with E-state index >= 15 is 0 Å². The van der Waals surface area contributed by atoms with E-state index in [9.17, 15) is 4.55 Å². The fraction of sp³-hybridized carbons (Fsp3) is 1.00. The Morgan fingerprint density at radius 1 is 1.54 bits per heavy atom. The first-order chi connectivity index (χ1) is 5.95. The Bertz CT molecular complexity index is 165. The maximum Gasteiger partial charge on any atom is 0.136 e. The molecule has 2 atom stereocenters. The van der Waals surface area contributed by atoms with Gasteiger partial charge >= 0.3 is 0 Å². The van der Waals surface area contributed by atoms with Crippen LogP contribution in [0.15, 0.2) is 0 Å². The van der Waals surface area contributed by atoms with Crippen LogP contribution >= 0.6 is 0 Å². The molecule has 78 valence electrons. The molecule has 0 aromatic heterocycles. The van der Waals surface area contributed by atoms with Crippen molar-refractivity contribution in [1.29, 1.82) is 0 Å². The lowest BCUT2D eigenvalue weighted by molar-refractivity contribution is 0.243. The molecule has 13 heavy (non-hydrogen) atoms. The minimum Gasteiger partial charge on any atom is -0.598 e. The van der Waals surface area contributed by atoms with Crippen molar-refractivity contribution in [3.8, 4) is 0 Å². The van der Waals surface area contributed by atoms with E-state index in [4.69, 9.17) is 5.11 Å². The fourth-order valence-corrected chi connectivity index (χ4v) is 1.99. The first-order valence-electron chi connectivity index (χ1n) is 4.74. The maximum absolute atomic E-state index is 11.7. The molecule has 1 fully saturated rings. The smallest absolute Gasteiger partial charge is 0.136 e. The van der Waals surface area contributed by atoms with Gasteiger partial charge in [-0.25, -0.2) is 0 Å². The summed E-state index contributed by atoms with van der Waals surface area (Å²) in [7, 11) is 0. The van der Waals surface area contributed by atoms with Gasteiger partial charge < -0.3 is 9.66 Å². The van der Waals surface area contributed by atoms with Crippen molar-refractivity contribution in [3.05, 3.63) is 0 Å². The van der Waals surface area contributed by atoms with Crippen LogP contribution in [0.3, 0.4) is 0 Å². The molecule has 1 unspecified atom stereocenters. The Hall–Kier alpha value is 0.230. The minimum absolute atomic E-state index is 0.0278. The molecule has 4 heteroatoms. The first kappa shape index (κ1) is 11.3. The monoisotopic (exact) mass is 205 g/mol. The average molecular weight is 205 g/mol. The third-order valence-electron chi connectivity index (χ3n) is 2.20. The van der Waals surface area contributed by atoms with E-state index in [1.807, 2.05) is 20.8 Å². The second-order valence-electron chi connectivity index (χ2n) is 4.63. The van der Waals surface area contributed by atoms with Gasteiger partial charge in [0.1, 0.15) is 4.75 Å². The molecule has 0 spiro atoms. The summed E-state index contributed by atoms with van der Waals surface area (Å²) >= 11 is -1.06. The number of aliphatic hydroxyl groups is 1. The second-order valence-corrected chi connectivity index (χ2v) is 6.62. The predicted octanol–water partition coefficient (Wildman–Crippen LogP) is 0.809. The summed E-state index contributed by atoms with van der Waals surface area (Å²) < 4.78 is 14.4. The van der Waals surface area contributed by atoms with E-state index in [-0.39, 0.29) is 17.4 Å². The van der Waals surface area contributed by atoms with Crippen molar-refractivity contribution in [2.45, 2.75) is 44.4 Å². The van der Waals surface area contributed by atoms with Gasteiger partial charge in [0.15, 0.2) is 0 Å². The van der Waals surface area contributed by atoms with Crippen LogP contribution in [0.4, 0.5) is 0 Å². The van der Waals surface area contributed by atoms with Gasteiger partial charge in [-0.05, 0) is 39.5 Å². The molecular formula is C9H19NO2S. The van der Waals surface area contributed by atoms with E-state index in [0.29, 0.717) is 5.92 Å². The van der Waals surface area contributed by atoms with Crippen LogP contribution in [-0.4, -0.2) is 27.1 Å². The van der Waals surface area contributed by atoms with Gasteiger partial charge in [0, 0.05) is 11.4 Å². The van der Waals surface area contributed by atoms with Crippen molar-refractivity contribution in [3.63, 3.8) is 0 Å². The van der Waals surface area contributed by atoms with Crippen molar-refractivity contribution in [2.75, 3.05) is 6.61 Å². The molecule has 0 amide bonds. The molecule has 1 saturated carbocycles. The molecule has 3 nitrogen and oxygen atoms in total. The predicted molar refractivity (Wildman–Crippen MR) is 54.6 cm³/mol. The van der Waals surface area contributed by atoms with Crippen molar-refractivity contribution < 1.29 is 9.66 Å². The Morgan fingerprint density at radius 2 is 2.08 bits per heavy atom. The molecule has 1 rings (SSSR count). The number of hydrogen-bond acceptors (Lipinski definition) is 3. The fourth-order valence-electron chi connectivity index (χ4n) is 1.10. The highest BCUT2D eigenvalue weighted by Crippen LogP contribution is 2.33. The molecule has 1 aliphatic rings. The van der Waals surface area contributed by atoms with E-state index in [2.05, 4.69) is 4.72 Å². The van der Waals surface area contributed by atoms with Crippen LogP contribution < -0.4 is 4.72 Å². The number of rotatable bonds is 4. The van der Waals surface area contributed by atoms with Crippen LogP contribution in [0, 0.1) is 5.92 Å². The molecule has 0 bridgehead atoms. The zero-order chi connectivity index (χ0) is 10.1. The topological polar surface area (TPSA) is 55.3 Å². The third kappa shape index (κ3) is 3.46. The van der Waals surface area contributed by atoms with Gasteiger partial charge in [-0.3, -0.25) is 0 Å². The van der Waals surface area contributed by atoms with Crippen molar-refractivity contribution in [1.82, 2.24) is 4.72 Å². The van der Waals surface area contributed by atoms with Crippen LogP contribution in [0.1, 0.15) is 33.6 Å². The van der Waals surface area contributed by atoms with E-state index < -0.39 is 11.4 Å². The second kappa shape index (κ2) is 4.17. The zero-order valence-corrected chi connectivity index (χ0v) is 9.36. The first-order valence-corrected chi connectivity index (χ1v) is 5.89. The van der Waals surface area contributed by atoms with Crippen LogP contribution in [0.5, 0.6) is 0 Å². The average Bonchev–Trinajstić information content (AvgIpc) is 2.80. The van der Waals surface area contributed by atoms with E-state index in [0.717, 1.165) is 12.8 Å².